The smallest absolute Gasteiger partial charge is 0.0174 e. The van der Waals surface area contributed by atoms with E-state index in [9.17, 15) is 0 Å². The first-order valence-corrected chi connectivity index (χ1v) is 8.10. The molecule has 0 spiro atoms. The molecule has 1 fully saturated rings. The SMILES string of the molecule is BrC1CCCC1CC1CSc2ccccc21. The second-order valence-corrected chi connectivity index (χ2v) is 7.23. The fourth-order valence-corrected chi connectivity index (χ4v) is 5.12. The zero-order chi connectivity index (χ0) is 11.0. The molecule has 0 saturated heterocycles. The van der Waals surface area contributed by atoms with Crippen molar-refractivity contribution in [2.24, 2.45) is 5.92 Å². The summed E-state index contributed by atoms with van der Waals surface area (Å²) in [7, 11) is 0. The normalized spacial score (nSPS) is 32.9. The van der Waals surface area contributed by atoms with Crippen molar-refractivity contribution in [2.75, 3.05) is 5.75 Å². The molecule has 0 N–H and O–H groups in total. The van der Waals surface area contributed by atoms with Gasteiger partial charge in [-0.2, -0.15) is 0 Å². The highest BCUT2D eigenvalue weighted by Crippen LogP contribution is 2.45. The Hall–Kier alpha value is 0.0500. The van der Waals surface area contributed by atoms with Crippen LogP contribution in [-0.2, 0) is 0 Å². The van der Waals surface area contributed by atoms with E-state index >= 15 is 0 Å². The predicted octanol–water partition coefficient (Wildman–Crippen LogP) is 4.83. The number of halogens is 1. The van der Waals surface area contributed by atoms with Gasteiger partial charge in [0.05, 0.1) is 0 Å². The third kappa shape index (κ3) is 2.06. The Kier molecular flexibility index (Phi) is 3.30. The van der Waals surface area contributed by atoms with Crippen LogP contribution < -0.4 is 0 Å². The van der Waals surface area contributed by atoms with Gasteiger partial charge in [-0.1, -0.05) is 40.5 Å². The summed E-state index contributed by atoms with van der Waals surface area (Å²) in [5.74, 6) is 3.02. The van der Waals surface area contributed by atoms with Crippen LogP contribution in [0, 0.1) is 5.92 Å². The van der Waals surface area contributed by atoms with E-state index in [0.29, 0.717) is 0 Å². The molecule has 3 unspecified atom stereocenters. The number of fused-ring (bicyclic) bond motifs is 1. The Morgan fingerprint density at radius 1 is 1.25 bits per heavy atom. The van der Waals surface area contributed by atoms with Crippen LogP contribution in [0.3, 0.4) is 0 Å². The van der Waals surface area contributed by atoms with E-state index < -0.39 is 0 Å². The van der Waals surface area contributed by atoms with Gasteiger partial charge in [-0.3, -0.25) is 0 Å². The molecule has 1 aliphatic heterocycles. The molecule has 1 aromatic carbocycles. The highest BCUT2D eigenvalue weighted by atomic mass is 79.9. The minimum Gasteiger partial charge on any atom is -0.125 e. The zero-order valence-corrected chi connectivity index (χ0v) is 11.8. The van der Waals surface area contributed by atoms with Crippen LogP contribution in [-0.4, -0.2) is 10.6 Å². The van der Waals surface area contributed by atoms with Crippen LogP contribution in [0.25, 0.3) is 0 Å². The molecule has 3 rings (SSSR count). The average molecular weight is 297 g/mol. The van der Waals surface area contributed by atoms with Crippen molar-refractivity contribution < 1.29 is 0 Å². The lowest BCUT2D eigenvalue weighted by Crippen LogP contribution is -2.11. The van der Waals surface area contributed by atoms with E-state index in [1.54, 1.807) is 5.56 Å². The van der Waals surface area contributed by atoms with Gasteiger partial charge in [-0.25, -0.2) is 0 Å². The van der Waals surface area contributed by atoms with Crippen molar-refractivity contribution >= 4 is 27.7 Å². The van der Waals surface area contributed by atoms with Crippen LogP contribution in [0.2, 0.25) is 0 Å². The van der Waals surface area contributed by atoms with E-state index in [0.717, 1.165) is 16.7 Å². The lowest BCUT2D eigenvalue weighted by Gasteiger charge is -2.18. The summed E-state index contributed by atoms with van der Waals surface area (Å²) in [6, 6.07) is 8.97. The topological polar surface area (TPSA) is 0 Å². The van der Waals surface area contributed by atoms with Crippen molar-refractivity contribution in [1.29, 1.82) is 0 Å². The number of hydrogen-bond donors (Lipinski definition) is 0. The number of rotatable bonds is 2. The van der Waals surface area contributed by atoms with Crippen molar-refractivity contribution in [3.63, 3.8) is 0 Å². The zero-order valence-electron chi connectivity index (χ0n) is 9.36. The minimum absolute atomic E-state index is 0.783. The Morgan fingerprint density at radius 2 is 2.12 bits per heavy atom. The Labute approximate surface area is 110 Å². The molecule has 1 saturated carbocycles. The van der Waals surface area contributed by atoms with Gasteiger partial charge in [-0.05, 0) is 42.7 Å². The summed E-state index contributed by atoms with van der Waals surface area (Å²) in [6.07, 6.45) is 5.62. The minimum atomic E-state index is 0.783. The van der Waals surface area contributed by atoms with Gasteiger partial charge in [0.2, 0.25) is 0 Å². The van der Waals surface area contributed by atoms with E-state index in [1.807, 2.05) is 11.8 Å². The Bertz CT molecular complexity index is 377. The monoisotopic (exact) mass is 296 g/mol. The second-order valence-electron chi connectivity index (χ2n) is 4.99. The predicted molar refractivity (Wildman–Crippen MR) is 74.6 cm³/mol. The van der Waals surface area contributed by atoms with E-state index in [-0.39, 0.29) is 0 Å². The molecular weight excluding hydrogens is 280 g/mol. The van der Waals surface area contributed by atoms with Crippen molar-refractivity contribution in [1.82, 2.24) is 0 Å². The molecule has 1 heterocycles. The molecule has 3 atom stereocenters. The van der Waals surface area contributed by atoms with E-state index in [2.05, 4.69) is 40.2 Å². The molecule has 0 nitrogen and oxygen atoms in total. The lowest BCUT2D eigenvalue weighted by molar-refractivity contribution is 0.476. The molecule has 0 bridgehead atoms. The lowest BCUT2D eigenvalue weighted by atomic mass is 9.89. The van der Waals surface area contributed by atoms with Crippen LogP contribution >= 0.6 is 27.7 Å². The summed E-state index contributed by atoms with van der Waals surface area (Å²) < 4.78 is 0. The molecule has 2 aliphatic rings. The number of hydrogen-bond acceptors (Lipinski definition) is 1. The Morgan fingerprint density at radius 3 is 2.94 bits per heavy atom. The van der Waals surface area contributed by atoms with Crippen LogP contribution in [0.15, 0.2) is 29.2 Å². The molecule has 16 heavy (non-hydrogen) atoms. The molecule has 1 aromatic rings. The summed E-state index contributed by atoms with van der Waals surface area (Å²) in [5.41, 5.74) is 1.61. The fourth-order valence-electron chi connectivity index (χ4n) is 3.05. The standard InChI is InChI=1S/C14H17BrS/c15-13-6-3-4-10(13)8-11-9-16-14-7-2-1-5-12(11)14/h1-2,5,7,10-11,13H,3-4,6,8-9H2. The van der Waals surface area contributed by atoms with Gasteiger partial charge in [0.25, 0.3) is 0 Å². The van der Waals surface area contributed by atoms with Gasteiger partial charge in [-0.15, -0.1) is 11.8 Å². The highest BCUT2D eigenvalue weighted by Gasteiger charge is 2.31. The maximum absolute atomic E-state index is 3.85. The number of alkyl halides is 1. The van der Waals surface area contributed by atoms with Crippen LogP contribution in [0.5, 0.6) is 0 Å². The molecule has 0 aromatic heterocycles. The third-order valence-corrected chi connectivity index (χ3v) is 6.41. The van der Waals surface area contributed by atoms with E-state index in [4.69, 9.17) is 0 Å². The van der Waals surface area contributed by atoms with Gasteiger partial charge >= 0.3 is 0 Å². The van der Waals surface area contributed by atoms with Crippen molar-refractivity contribution in [3.8, 4) is 0 Å². The average Bonchev–Trinajstić information content (AvgIpc) is 2.88. The van der Waals surface area contributed by atoms with Crippen LogP contribution in [0.1, 0.15) is 37.2 Å². The largest absolute Gasteiger partial charge is 0.125 e. The second kappa shape index (κ2) is 4.73. The first-order valence-electron chi connectivity index (χ1n) is 6.20. The van der Waals surface area contributed by atoms with Crippen molar-refractivity contribution in [2.45, 2.75) is 41.3 Å². The number of benzene rings is 1. The number of thioether (sulfide) groups is 1. The first kappa shape index (κ1) is 11.2. The van der Waals surface area contributed by atoms with Crippen LogP contribution in [0.4, 0.5) is 0 Å². The molecular formula is C14H17BrS. The first-order chi connectivity index (χ1) is 7.84. The maximum Gasteiger partial charge on any atom is 0.0174 e. The van der Waals surface area contributed by atoms with Gasteiger partial charge < -0.3 is 0 Å². The molecule has 0 amide bonds. The maximum atomic E-state index is 3.85. The molecule has 0 radical (unpaired) electrons. The molecule has 86 valence electrons. The van der Waals surface area contributed by atoms with Crippen molar-refractivity contribution in [3.05, 3.63) is 29.8 Å². The molecule has 2 heteroatoms. The Balaban J connectivity index is 1.73. The summed E-state index contributed by atoms with van der Waals surface area (Å²) in [5, 5.41) is 0. The van der Waals surface area contributed by atoms with Gasteiger partial charge in [0, 0.05) is 15.5 Å². The van der Waals surface area contributed by atoms with Gasteiger partial charge in [0.1, 0.15) is 0 Å². The third-order valence-electron chi connectivity index (χ3n) is 3.95. The fraction of sp³-hybridized carbons (Fsp3) is 0.571. The summed E-state index contributed by atoms with van der Waals surface area (Å²) in [4.78, 5) is 2.31. The van der Waals surface area contributed by atoms with Gasteiger partial charge in [0.15, 0.2) is 0 Å². The molecule has 1 aliphatic carbocycles. The highest BCUT2D eigenvalue weighted by molar-refractivity contribution is 9.09. The summed E-state index contributed by atoms with van der Waals surface area (Å²) >= 11 is 5.89. The quantitative estimate of drug-likeness (QED) is 0.705. The van der Waals surface area contributed by atoms with E-state index in [1.165, 1.54) is 36.3 Å². The summed E-state index contributed by atoms with van der Waals surface area (Å²) in [6.45, 7) is 0.